The molecule has 0 heterocycles. The minimum absolute atomic E-state index is 0.858. The van der Waals surface area contributed by atoms with Gasteiger partial charge in [0.2, 0.25) is 0 Å². The fourth-order valence-electron chi connectivity index (χ4n) is 3.60. The SMILES string of the molecule is CCCCNCC1CC(C)C1CC(CC)C(C)C. The average Bonchev–Trinajstić information content (AvgIpc) is 2.33. The van der Waals surface area contributed by atoms with E-state index < -0.39 is 0 Å². The van der Waals surface area contributed by atoms with Gasteiger partial charge in [-0.3, -0.25) is 0 Å². The van der Waals surface area contributed by atoms with Gasteiger partial charge < -0.3 is 5.32 Å². The van der Waals surface area contributed by atoms with Crippen LogP contribution < -0.4 is 5.32 Å². The van der Waals surface area contributed by atoms with Crippen LogP contribution in [0.1, 0.15) is 66.7 Å². The summed E-state index contributed by atoms with van der Waals surface area (Å²) in [5, 5.41) is 3.66. The Labute approximate surface area is 115 Å². The van der Waals surface area contributed by atoms with E-state index in [2.05, 4.69) is 39.9 Å². The van der Waals surface area contributed by atoms with Crippen LogP contribution in [0.4, 0.5) is 0 Å². The fourth-order valence-corrected chi connectivity index (χ4v) is 3.60. The molecule has 108 valence electrons. The molecule has 0 bridgehead atoms. The molecule has 1 saturated carbocycles. The molecule has 0 radical (unpaired) electrons. The summed E-state index contributed by atoms with van der Waals surface area (Å²) in [6.45, 7) is 14.4. The van der Waals surface area contributed by atoms with Crippen molar-refractivity contribution >= 4 is 0 Å². The molecule has 0 aromatic heterocycles. The number of unbranched alkanes of at least 4 members (excludes halogenated alkanes) is 1. The van der Waals surface area contributed by atoms with Gasteiger partial charge in [-0.1, -0.05) is 47.5 Å². The molecule has 0 amide bonds. The highest BCUT2D eigenvalue weighted by atomic mass is 14.9. The molecule has 0 aliphatic heterocycles. The van der Waals surface area contributed by atoms with Crippen LogP contribution in [0.2, 0.25) is 0 Å². The summed E-state index contributed by atoms with van der Waals surface area (Å²) < 4.78 is 0. The largest absolute Gasteiger partial charge is 0.316 e. The van der Waals surface area contributed by atoms with Crippen molar-refractivity contribution in [1.29, 1.82) is 0 Å². The average molecular weight is 253 g/mol. The van der Waals surface area contributed by atoms with Gasteiger partial charge >= 0.3 is 0 Å². The van der Waals surface area contributed by atoms with E-state index in [1.54, 1.807) is 0 Å². The predicted molar refractivity (Wildman–Crippen MR) is 81.8 cm³/mol. The number of hydrogen-bond donors (Lipinski definition) is 1. The maximum absolute atomic E-state index is 3.66. The molecular weight excluding hydrogens is 218 g/mol. The Morgan fingerprint density at radius 2 is 1.94 bits per heavy atom. The predicted octanol–water partition coefficient (Wildman–Crippen LogP) is 4.72. The maximum atomic E-state index is 3.66. The van der Waals surface area contributed by atoms with E-state index in [0.717, 1.165) is 29.6 Å². The minimum atomic E-state index is 0.858. The third-order valence-corrected chi connectivity index (χ3v) is 5.17. The van der Waals surface area contributed by atoms with E-state index in [1.807, 2.05) is 0 Å². The van der Waals surface area contributed by atoms with E-state index in [-0.39, 0.29) is 0 Å². The van der Waals surface area contributed by atoms with Crippen molar-refractivity contribution in [2.75, 3.05) is 13.1 Å². The van der Waals surface area contributed by atoms with Crippen molar-refractivity contribution in [3.05, 3.63) is 0 Å². The summed E-state index contributed by atoms with van der Waals surface area (Å²) in [7, 11) is 0. The Hall–Kier alpha value is -0.0400. The van der Waals surface area contributed by atoms with Crippen molar-refractivity contribution in [2.45, 2.75) is 66.7 Å². The zero-order chi connectivity index (χ0) is 13.5. The van der Waals surface area contributed by atoms with Gasteiger partial charge in [-0.2, -0.15) is 0 Å². The third-order valence-electron chi connectivity index (χ3n) is 5.17. The van der Waals surface area contributed by atoms with Gasteiger partial charge in [0, 0.05) is 0 Å². The first-order chi connectivity index (χ1) is 8.60. The lowest BCUT2D eigenvalue weighted by Crippen LogP contribution is -2.42. The highest BCUT2D eigenvalue weighted by Gasteiger charge is 2.38. The van der Waals surface area contributed by atoms with Crippen LogP contribution in [0.15, 0.2) is 0 Å². The van der Waals surface area contributed by atoms with Crippen LogP contribution in [-0.2, 0) is 0 Å². The van der Waals surface area contributed by atoms with E-state index in [9.17, 15) is 0 Å². The normalized spacial score (nSPS) is 29.3. The molecule has 0 spiro atoms. The van der Waals surface area contributed by atoms with Gasteiger partial charge in [-0.05, 0) is 61.9 Å². The lowest BCUT2D eigenvalue weighted by atomic mass is 9.61. The van der Waals surface area contributed by atoms with Crippen molar-refractivity contribution in [3.63, 3.8) is 0 Å². The zero-order valence-electron chi connectivity index (χ0n) is 13.3. The molecule has 0 saturated heterocycles. The number of nitrogens with one attached hydrogen (secondary N) is 1. The molecular formula is C17H35N. The molecule has 1 rings (SSSR count). The van der Waals surface area contributed by atoms with Crippen LogP contribution in [0, 0.1) is 29.6 Å². The lowest BCUT2D eigenvalue weighted by Gasteiger charge is -2.45. The Morgan fingerprint density at radius 3 is 2.44 bits per heavy atom. The first kappa shape index (κ1) is 16.0. The van der Waals surface area contributed by atoms with E-state index in [0.29, 0.717) is 0 Å². The number of hydrogen-bond acceptors (Lipinski definition) is 1. The Bertz CT molecular complexity index is 212. The summed E-state index contributed by atoms with van der Waals surface area (Å²) in [6, 6.07) is 0. The second-order valence-electron chi connectivity index (χ2n) is 6.84. The molecule has 1 aliphatic carbocycles. The summed E-state index contributed by atoms with van der Waals surface area (Å²) >= 11 is 0. The van der Waals surface area contributed by atoms with Crippen LogP contribution in [-0.4, -0.2) is 13.1 Å². The summed E-state index contributed by atoms with van der Waals surface area (Å²) in [4.78, 5) is 0. The first-order valence-corrected chi connectivity index (χ1v) is 8.30. The van der Waals surface area contributed by atoms with Crippen molar-refractivity contribution in [2.24, 2.45) is 29.6 Å². The molecule has 0 aromatic carbocycles. The molecule has 1 nitrogen and oxygen atoms in total. The Balaban J connectivity index is 2.29. The summed E-state index contributed by atoms with van der Waals surface area (Å²) in [5.74, 6) is 4.72. The minimum Gasteiger partial charge on any atom is -0.316 e. The Morgan fingerprint density at radius 1 is 1.22 bits per heavy atom. The lowest BCUT2D eigenvalue weighted by molar-refractivity contribution is 0.0520. The van der Waals surface area contributed by atoms with E-state index in [4.69, 9.17) is 0 Å². The molecule has 1 N–H and O–H groups in total. The molecule has 0 aromatic rings. The standard InChI is InChI=1S/C17H35N/c1-6-8-9-18-12-16-10-14(5)17(16)11-15(7-2)13(3)4/h13-18H,6-12H2,1-5H3. The van der Waals surface area contributed by atoms with E-state index >= 15 is 0 Å². The smallest absolute Gasteiger partial charge is 0.00177 e. The number of rotatable bonds is 9. The fraction of sp³-hybridized carbons (Fsp3) is 1.00. The monoisotopic (exact) mass is 253 g/mol. The molecule has 4 atom stereocenters. The van der Waals surface area contributed by atoms with Crippen LogP contribution in [0.3, 0.4) is 0 Å². The van der Waals surface area contributed by atoms with E-state index in [1.165, 1.54) is 45.2 Å². The molecule has 1 aliphatic rings. The topological polar surface area (TPSA) is 12.0 Å². The summed E-state index contributed by atoms with van der Waals surface area (Å²) in [6.07, 6.45) is 6.92. The second kappa shape index (κ2) is 8.19. The maximum Gasteiger partial charge on any atom is -0.00177 e. The molecule has 1 fully saturated rings. The third kappa shape index (κ3) is 4.57. The van der Waals surface area contributed by atoms with Crippen LogP contribution in [0.5, 0.6) is 0 Å². The van der Waals surface area contributed by atoms with Gasteiger partial charge in [0.15, 0.2) is 0 Å². The van der Waals surface area contributed by atoms with Crippen LogP contribution in [0.25, 0.3) is 0 Å². The first-order valence-electron chi connectivity index (χ1n) is 8.30. The van der Waals surface area contributed by atoms with Crippen LogP contribution >= 0.6 is 0 Å². The van der Waals surface area contributed by atoms with Gasteiger partial charge in [0.25, 0.3) is 0 Å². The highest BCUT2D eigenvalue weighted by molar-refractivity contribution is 4.89. The molecule has 18 heavy (non-hydrogen) atoms. The van der Waals surface area contributed by atoms with Crippen molar-refractivity contribution in [3.8, 4) is 0 Å². The second-order valence-corrected chi connectivity index (χ2v) is 6.84. The zero-order valence-corrected chi connectivity index (χ0v) is 13.3. The quantitative estimate of drug-likeness (QED) is 0.586. The highest BCUT2D eigenvalue weighted by Crippen LogP contribution is 2.45. The van der Waals surface area contributed by atoms with Crippen molar-refractivity contribution in [1.82, 2.24) is 5.32 Å². The van der Waals surface area contributed by atoms with Crippen molar-refractivity contribution < 1.29 is 0 Å². The van der Waals surface area contributed by atoms with Gasteiger partial charge in [0.05, 0.1) is 0 Å². The van der Waals surface area contributed by atoms with Gasteiger partial charge in [0.1, 0.15) is 0 Å². The Kier molecular flexibility index (Phi) is 7.29. The molecule has 4 unspecified atom stereocenters. The van der Waals surface area contributed by atoms with Gasteiger partial charge in [-0.25, -0.2) is 0 Å². The van der Waals surface area contributed by atoms with Gasteiger partial charge in [-0.15, -0.1) is 0 Å². The summed E-state index contributed by atoms with van der Waals surface area (Å²) in [5.41, 5.74) is 0. The molecule has 1 heteroatoms.